The van der Waals surface area contributed by atoms with Crippen LogP contribution in [0.15, 0.2) is 0 Å². The molecule has 0 aromatic rings. The van der Waals surface area contributed by atoms with Crippen molar-refractivity contribution < 1.29 is 19.1 Å². The Hall–Kier alpha value is -1.19. The van der Waals surface area contributed by atoms with Gasteiger partial charge in [0.2, 0.25) is 0 Å². The molecule has 4 heteroatoms. The monoisotopic (exact) mass is 228 g/mol. The topological polar surface area (TPSA) is 60.4 Å². The van der Waals surface area contributed by atoms with Crippen LogP contribution in [0, 0.1) is 11.8 Å². The molecule has 0 rings (SSSR count). The van der Waals surface area contributed by atoms with Gasteiger partial charge in [0.1, 0.15) is 11.6 Å². The fourth-order valence-corrected chi connectivity index (χ4v) is 1.42. The molecule has 0 N–H and O–H groups in total. The van der Waals surface area contributed by atoms with E-state index in [2.05, 4.69) is 0 Å². The summed E-state index contributed by atoms with van der Waals surface area (Å²) in [5.74, 6) is -1.56. The van der Waals surface area contributed by atoms with E-state index in [9.17, 15) is 14.4 Å². The highest BCUT2D eigenvalue weighted by molar-refractivity contribution is 6.03. The van der Waals surface area contributed by atoms with E-state index >= 15 is 0 Å². The molecule has 1 unspecified atom stereocenters. The zero-order chi connectivity index (χ0) is 12.7. The Morgan fingerprint density at radius 1 is 1.12 bits per heavy atom. The number of rotatable bonds is 7. The summed E-state index contributed by atoms with van der Waals surface area (Å²) in [5.41, 5.74) is 0. The zero-order valence-corrected chi connectivity index (χ0v) is 10.4. The van der Waals surface area contributed by atoms with Gasteiger partial charge in [0.05, 0.1) is 18.9 Å². The lowest BCUT2D eigenvalue weighted by molar-refractivity contribution is -0.148. The van der Waals surface area contributed by atoms with Gasteiger partial charge in [0.15, 0.2) is 0 Å². The van der Waals surface area contributed by atoms with Crippen molar-refractivity contribution in [3.63, 3.8) is 0 Å². The maximum Gasteiger partial charge on any atom is 0.306 e. The first kappa shape index (κ1) is 14.8. The van der Waals surface area contributed by atoms with Crippen molar-refractivity contribution in [2.45, 2.75) is 40.5 Å². The van der Waals surface area contributed by atoms with Gasteiger partial charge in [-0.1, -0.05) is 13.8 Å². The fourth-order valence-electron chi connectivity index (χ4n) is 1.42. The molecule has 0 aliphatic heterocycles. The lowest BCUT2D eigenvalue weighted by Gasteiger charge is -2.13. The van der Waals surface area contributed by atoms with Gasteiger partial charge in [-0.3, -0.25) is 14.4 Å². The van der Waals surface area contributed by atoms with Gasteiger partial charge in [-0.15, -0.1) is 0 Å². The molecule has 0 aromatic heterocycles. The second-order valence-electron chi connectivity index (χ2n) is 4.24. The largest absolute Gasteiger partial charge is 0.466 e. The smallest absolute Gasteiger partial charge is 0.306 e. The maximum atomic E-state index is 11.7. The summed E-state index contributed by atoms with van der Waals surface area (Å²) < 4.78 is 4.73. The number of hydrogen-bond donors (Lipinski definition) is 0. The van der Waals surface area contributed by atoms with Gasteiger partial charge in [-0.05, 0) is 19.8 Å². The number of carbonyl (C=O) groups is 3. The number of ether oxygens (including phenoxy) is 1. The molecule has 1 atom stereocenters. The second kappa shape index (κ2) is 7.14. The molecule has 0 saturated carbocycles. The Kier molecular flexibility index (Phi) is 6.61. The standard InChI is InChI=1S/C12H20O4/c1-5-16-12(15)7-10(9(4)13)11(14)6-8(2)3/h8,10H,5-7H2,1-4H3. The second-order valence-corrected chi connectivity index (χ2v) is 4.24. The third-order valence-corrected chi connectivity index (χ3v) is 2.16. The van der Waals surface area contributed by atoms with Crippen molar-refractivity contribution in [2.24, 2.45) is 11.8 Å². The number of esters is 1. The van der Waals surface area contributed by atoms with Crippen LogP contribution < -0.4 is 0 Å². The molecule has 0 aliphatic rings. The first-order valence-electron chi connectivity index (χ1n) is 5.57. The SMILES string of the molecule is CCOC(=O)CC(C(C)=O)C(=O)CC(C)C. The molecular weight excluding hydrogens is 208 g/mol. The normalized spacial score (nSPS) is 12.3. The van der Waals surface area contributed by atoms with Gasteiger partial charge in [0, 0.05) is 6.42 Å². The zero-order valence-electron chi connectivity index (χ0n) is 10.4. The molecule has 0 amide bonds. The number of ketones is 2. The molecular formula is C12H20O4. The van der Waals surface area contributed by atoms with E-state index in [1.807, 2.05) is 13.8 Å². The molecule has 0 spiro atoms. The molecule has 0 aromatic carbocycles. The lowest BCUT2D eigenvalue weighted by atomic mass is 9.91. The molecule has 0 aliphatic carbocycles. The molecule has 0 saturated heterocycles. The number of carbonyl (C=O) groups excluding carboxylic acids is 3. The third-order valence-electron chi connectivity index (χ3n) is 2.16. The van der Waals surface area contributed by atoms with Gasteiger partial charge >= 0.3 is 5.97 Å². The minimum Gasteiger partial charge on any atom is -0.466 e. The predicted octanol–water partition coefficient (Wildman–Crippen LogP) is 1.76. The Labute approximate surface area is 96.4 Å². The Morgan fingerprint density at radius 2 is 1.69 bits per heavy atom. The van der Waals surface area contributed by atoms with Crippen molar-refractivity contribution in [3.05, 3.63) is 0 Å². The fraction of sp³-hybridized carbons (Fsp3) is 0.750. The summed E-state index contributed by atoms with van der Waals surface area (Å²) in [6.07, 6.45) is 0.193. The van der Waals surface area contributed by atoms with E-state index in [1.54, 1.807) is 6.92 Å². The van der Waals surface area contributed by atoms with Crippen LogP contribution in [0.5, 0.6) is 0 Å². The van der Waals surface area contributed by atoms with E-state index in [1.165, 1.54) is 6.92 Å². The highest BCUT2D eigenvalue weighted by atomic mass is 16.5. The summed E-state index contributed by atoms with van der Waals surface area (Å²) in [5, 5.41) is 0. The van der Waals surface area contributed by atoms with Crippen LogP contribution in [-0.2, 0) is 19.1 Å². The maximum absolute atomic E-state index is 11.7. The predicted molar refractivity (Wildman–Crippen MR) is 59.9 cm³/mol. The molecule has 0 radical (unpaired) electrons. The van der Waals surface area contributed by atoms with Crippen LogP contribution in [0.4, 0.5) is 0 Å². The lowest BCUT2D eigenvalue weighted by Crippen LogP contribution is -2.26. The van der Waals surface area contributed by atoms with Crippen LogP contribution in [0.3, 0.4) is 0 Å². The number of Topliss-reactive ketones (excluding diaryl/α,β-unsaturated/α-hetero) is 2. The number of hydrogen-bond acceptors (Lipinski definition) is 4. The molecule has 4 nitrogen and oxygen atoms in total. The summed E-state index contributed by atoms with van der Waals surface area (Å²) in [6, 6.07) is 0. The average Bonchev–Trinajstić information content (AvgIpc) is 2.12. The first-order chi connectivity index (χ1) is 7.38. The molecule has 0 heterocycles. The van der Waals surface area contributed by atoms with Gasteiger partial charge in [0.25, 0.3) is 0 Å². The van der Waals surface area contributed by atoms with Crippen LogP contribution in [0.1, 0.15) is 40.5 Å². The third kappa shape index (κ3) is 5.63. The van der Waals surface area contributed by atoms with Crippen LogP contribution in [0.25, 0.3) is 0 Å². The molecule has 92 valence electrons. The van der Waals surface area contributed by atoms with Gasteiger partial charge in [-0.25, -0.2) is 0 Å². The van der Waals surface area contributed by atoms with E-state index in [-0.39, 0.29) is 30.5 Å². The highest BCUT2D eigenvalue weighted by Crippen LogP contribution is 2.13. The van der Waals surface area contributed by atoms with Crippen LogP contribution >= 0.6 is 0 Å². The Morgan fingerprint density at radius 3 is 2.06 bits per heavy atom. The molecule has 0 fully saturated rings. The summed E-state index contributed by atoms with van der Waals surface area (Å²) in [7, 11) is 0. The van der Waals surface area contributed by atoms with Crippen molar-refractivity contribution in [1.82, 2.24) is 0 Å². The quantitative estimate of drug-likeness (QED) is 0.492. The van der Waals surface area contributed by atoms with E-state index in [0.29, 0.717) is 6.42 Å². The van der Waals surface area contributed by atoms with Crippen LogP contribution in [-0.4, -0.2) is 24.1 Å². The van der Waals surface area contributed by atoms with Crippen molar-refractivity contribution in [2.75, 3.05) is 6.61 Å². The summed E-state index contributed by atoms with van der Waals surface area (Å²) in [6.45, 7) is 7.10. The van der Waals surface area contributed by atoms with Crippen molar-refractivity contribution >= 4 is 17.5 Å². The molecule has 0 bridgehead atoms. The minimum atomic E-state index is -0.832. The first-order valence-corrected chi connectivity index (χ1v) is 5.57. The highest BCUT2D eigenvalue weighted by Gasteiger charge is 2.26. The van der Waals surface area contributed by atoms with E-state index < -0.39 is 11.9 Å². The van der Waals surface area contributed by atoms with Crippen molar-refractivity contribution in [3.8, 4) is 0 Å². The average molecular weight is 228 g/mol. The van der Waals surface area contributed by atoms with E-state index in [0.717, 1.165) is 0 Å². The Bertz CT molecular complexity index is 268. The summed E-state index contributed by atoms with van der Waals surface area (Å²) >= 11 is 0. The minimum absolute atomic E-state index is 0.130. The van der Waals surface area contributed by atoms with Crippen molar-refractivity contribution in [1.29, 1.82) is 0 Å². The van der Waals surface area contributed by atoms with Gasteiger partial charge in [-0.2, -0.15) is 0 Å². The summed E-state index contributed by atoms with van der Waals surface area (Å²) in [4.78, 5) is 34.2. The Balaban J connectivity index is 4.44. The van der Waals surface area contributed by atoms with Gasteiger partial charge < -0.3 is 4.74 Å². The van der Waals surface area contributed by atoms with E-state index in [4.69, 9.17) is 4.74 Å². The van der Waals surface area contributed by atoms with Crippen LogP contribution in [0.2, 0.25) is 0 Å². The molecule has 16 heavy (non-hydrogen) atoms.